The fraction of sp³-hybridized carbons (Fsp3) is 0.368. The van der Waals surface area contributed by atoms with Crippen molar-refractivity contribution in [1.82, 2.24) is 0 Å². The Morgan fingerprint density at radius 3 is 1.09 bits per heavy atom. The molecule has 0 radical (unpaired) electrons. The van der Waals surface area contributed by atoms with E-state index >= 15 is 0 Å². The van der Waals surface area contributed by atoms with Gasteiger partial charge in [0.05, 0.1) is 13.2 Å². The van der Waals surface area contributed by atoms with Crippen molar-refractivity contribution in [1.29, 1.82) is 0 Å². The molecule has 0 spiro atoms. The lowest BCUT2D eigenvalue weighted by molar-refractivity contribution is 0.0533. The van der Waals surface area contributed by atoms with Gasteiger partial charge in [-0.2, -0.15) is 17.6 Å². The summed E-state index contributed by atoms with van der Waals surface area (Å²) in [5.74, 6) is 0. The minimum atomic E-state index is -5.75. The molecule has 0 aliphatic carbocycles. The highest BCUT2D eigenvalue weighted by Gasteiger charge is 2.51. The van der Waals surface area contributed by atoms with E-state index in [9.17, 15) is 36.9 Å². The van der Waals surface area contributed by atoms with Crippen molar-refractivity contribution in [2.24, 2.45) is 5.41 Å². The van der Waals surface area contributed by atoms with Crippen LogP contribution in [0.15, 0.2) is 48.5 Å². The summed E-state index contributed by atoms with van der Waals surface area (Å²) < 4.78 is 77.2. The van der Waals surface area contributed by atoms with E-state index in [-0.39, 0.29) is 12.8 Å². The smallest absolute Gasteiger partial charge is 0.396 e. The van der Waals surface area contributed by atoms with Gasteiger partial charge in [0, 0.05) is 16.5 Å². The number of alkyl halides is 4. The highest BCUT2D eigenvalue weighted by molar-refractivity contribution is 7.52. The number of rotatable bonds is 10. The third-order valence-corrected chi connectivity index (χ3v) is 7.14. The standard InChI is InChI=1S/C19H22F4O8P2/c20-18(21,32(26,27)28)15-5-1-13(2-6-15)9-17(11-24,12-25)10-14-3-7-16(8-4-14)19(22,23)33(29,30)31/h1-8,24-25H,9-12H2,(H2,26,27,28)(H2,29,30,31). The predicted octanol–water partition coefficient (Wildman–Crippen LogP) is 2.90. The van der Waals surface area contributed by atoms with E-state index in [1.807, 2.05) is 0 Å². The first-order chi connectivity index (χ1) is 15.0. The summed E-state index contributed by atoms with van der Waals surface area (Å²) >= 11 is 0. The molecular weight excluding hydrogens is 494 g/mol. The van der Waals surface area contributed by atoms with Crippen LogP contribution in [0.3, 0.4) is 0 Å². The lowest BCUT2D eigenvalue weighted by Crippen LogP contribution is -2.35. The van der Waals surface area contributed by atoms with Crippen LogP contribution in [0.1, 0.15) is 22.3 Å². The van der Waals surface area contributed by atoms with Crippen LogP contribution in [0.5, 0.6) is 0 Å². The molecule has 0 fully saturated rings. The average Bonchev–Trinajstić information content (AvgIpc) is 2.72. The molecule has 0 atom stereocenters. The van der Waals surface area contributed by atoms with Crippen LogP contribution in [0.25, 0.3) is 0 Å². The topological polar surface area (TPSA) is 156 Å². The van der Waals surface area contributed by atoms with Crippen molar-refractivity contribution in [2.75, 3.05) is 13.2 Å². The van der Waals surface area contributed by atoms with Crippen molar-refractivity contribution >= 4 is 15.2 Å². The van der Waals surface area contributed by atoms with Gasteiger partial charge in [-0.25, -0.2) is 0 Å². The second-order valence-electron chi connectivity index (χ2n) is 7.73. The number of aliphatic hydroxyl groups excluding tert-OH is 2. The summed E-state index contributed by atoms with van der Waals surface area (Å²) in [5.41, 5.74) is -11.2. The largest absolute Gasteiger partial charge is 0.399 e. The molecule has 0 aromatic heterocycles. The second kappa shape index (κ2) is 9.56. The monoisotopic (exact) mass is 516 g/mol. The Morgan fingerprint density at radius 2 is 0.879 bits per heavy atom. The van der Waals surface area contributed by atoms with Crippen molar-refractivity contribution < 1.29 is 56.5 Å². The number of halogens is 4. The normalized spacial score (nSPS) is 13.9. The van der Waals surface area contributed by atoms with Crippen LogP contribution in [-0.2, 0) is 33.3 Å². The third kappa shape index (κ3) is 5.90. The van der Waals surface area contributed by atoms with Crippen LogP contribution in [0, 0.1) is 5.41 Å². The molecule has 0 amide bonds. The summed E-state index contributed by atoms with van der Waals surface area (Å²) in [6, 6.07) is 7.87. The number of hydrogen-bond acceptors (Lipinski definition) is 4. The maximum absolute atomic E-state index is 13.8. The second-order valence-corrected chi connectivity index (χ2v) is 11.0. The molecule has 0 heterocycles. The first kappa shape index (κ1) is 27.6. The van der Waals surface area contributed by atoms with Gasteiger partial charge in [0.15, 0.2) is 0 Å². The molecule has 8 nitrogen and oxygen atoms in total. The number of aliphatic hydroxyl groups is 2. The molecule has 2 aromatic rings. The fourth-order valence-corrected chi connectivity index (χ4v) is 4.16. The van der Waals surface area contributed by atoms with Crippen molar-refractivity contribution in [3.63, 3.8) is 0 Å². The Labute approximate surface area is 185 Å². The van der Waals surface area contributed by atoms with E-state index in [4.69, 9.17) is 19.6 Å². The molecule has 0 saturated heterocycles. The minimum absolute atomic E-state index is 0.0673. The third-order valence-electron chi connectivity index (χ3n) is 5.16. The van der Waals surface area contributed by atoms with E-state index in [0.717, 1.165) is 48.5 Å². The molecule has 0 aliphatic rings. The molecule has 0 saturated carbocycles. The lowest BCUT2D eigenvalue weighted by Gasteiger charge is -2.30. The zero-order valence-electron chi connectivity index (χ0n) is 16.9. The van der Waals surface area contributed by atoms with Crippen LogP contribution in [0.2, 0.25) is 0 Å². The molecule has 14 heteroatoms. The Balaban J connectivity index is 2.26. The van der Waals surface area contributed by atoms with Gasteiger partial charge in [-0.15, -0.1) is 0 Å². The highest BCUT2D eigenvalue weighted by atomic mass is 31.2. The fourth-order valence-electron chi connectivity index (χ4n) is 3.18. The van der Waals surface area contributed by atoms with Gasteiger partial charge in [0.2, 0.25) is 0 Å². The van der Waals surface area contributed by atoms with Crippen LogP contribution < -0.4 is 0 Å². The zero-order chi connectivity index (χ0) is 25.3. The van der Waals surface area contributed by atoms with Gasteiger partial charge in [0.25, 0.3) is 0 Å². The molecule has 6 N–H and O–H groups in total. The van der Waals surface area contributed by atoms with E-state index in [2.05, 4.69) is 0 Å². The molecule has 0 unspecified atom stereocenters. The molecule has 2 rings (SSSR count). The van der Waals surface area contributed by atoms with Crippen LogP contribution >= 0.6 is 15.2 Å². The van der Waals surface area contributed by atoms with Crippen LogP contribution in [-0.4, -0.2) is 43.0 Å². The van der Waals surface area contributed by atoms with Gasteiger partial charge in [-0.05, 0) is 24.0 Å². The molecule has 33 heavy (non-hydrogen) atoms. The highest BCUT2D eigenvalue weighted by Crippen LogP contribution is 2.60. The van der Waals surface area contributed by atoms with Gasteiger partial charge in [-0.3, -0.25) is 9.13 Å². The van der Waals surface area contributed by atoms with Gasteiger partial charge in [-0.1, -0.05) is 48.5 Å². The first-order valence-corrected chi connectivity index (χ1v) is 12.5. The maximum atomic E-state index is 13.8. The van der Waals surface area contributed by atoms with E-state index < -0.39 is 56.3 Å². The minimum Gasteiger partial charge on any atom is -0.396 e. The summed E-state index contributed by atoms with van der Waals surface area (Å²) in [7, 11) is -11.5. The molecule has 2 aromatic carbocycles. The Bertz CT molecular complexity index is 963. The molecular formula is C19H22F4O8P2. The number of hydrogen-bond donors (Lipinski definition) is 6. The van der Waals surface area contributed by atoms with Gasteiger partial charge in [0.1, 0.15) is 0 Å². The SMILES string of the molecule is O=P(O)(O)C(F)(F)c1ccc(CC(CO)(CO)Cc2ccc(C(F)(F)P(=O)(O)O)cc2)cc1. The van der Waals surface area contributed by atoms with E-state index in [1.165, 1.54) is 0 Å². The van der Waals surface area contributed by atoms with Crippen molar-refractivity contribution in [3.05, 3.63) is 70.8 Å². The molecule has 0 bridgehead atoms. The number of benzene rings is 2. The van der Waals surface area contributed by atoms with Crippen molar-refractivity contribution in [2.45, 2.75) is 24.2 Å². The zero-order valence-corrected chi connectivity index (χ0v) is 18.6. The van der Waals surface area contributed by atoms with Gasteiger partial charge < -0.3 is 29.8 Å². The Morgan fingerprint density at radius 1 is 0.606 bits per heavy atom. The maximum Gasteiger partial charge on any atom is 0.399 e. The molecule has 184 valence electrons. The van der Waals surface area contributed by atoms with E-state index in [0.29, 0.717) is 11.1 Å². The summed E-state index contributed by atoms with van der Waals surface area (Å²) in [5, 5.41) is 19.7. The quantitative estimate of drug-likeness (QED) is 0.208. The molecule has 0 aliphatic heterocycles. The first-order valence-electron chi connectivity index (χ1n) is 9.26. The Kier molecular flexibility index (Phi) is 8.00. The Hall–Kier alpha value is -1.62. The predicted molar refractivity (Wildman–Crippen MR) is 109 cm³/mol. The average molecular weight is 516 g/mol. The summed E-state index contributed by atoms with van der Waals surface area (Å²) in [4.78, 5) is 35.3. The van der Waals surface area contributed by atoms with Crippen LogP contribution in [0.4, 0.5) is 17.6 Å². The van der Waals surface area contributed by atoms with Crippen molar-refractivity contribution in [3.8, 4) is 0 Å². The van der Waals surface area contributed by atoms with Gasteiger partial charge >= 0.3 is 26.5 Å². The summed E-state index contributed by atoms with van der Waals surface area (Å²) in [6.07, 6.45) is -0.135. The summed E-state index contributed by atoms with van der Waals surface area (Å²) in [6.45, 7) is -1.19. The lowest BCUT2D eigenvalue weighted by atomic mass is 9.77. The van der Waals surface area contributed by atoms with E-state index in [1.54, 1.807) is 0 Å².